The molecule has 0 heterocycles. The SMILES string of the molecule is CCC(C)(C)C(=O)OC12CC3CC(CC(O)(C3)C1)C2.CCC(C)(C)C(=O)OC1CC2CC1C1CCCC21. The van der Waals surface area contributed by atoms with E-state index in [0.29, 0.717) is 24.2 Å². The van der Waals surface area contributed by atoms with Crippen molar-refractivity contribution in [1.29, 1.82) is 0 Å². The minimum Gasteiger partial charge on any atom is -0.462 e. The number of rotatable bonds is 6. The molecule has 5 heteroatoms. The maximum Gasteiger partial charge on any atom is 0.312 e. The Bertz CT molecular complexity index is 876. The van der Waals surface area contributed by atoms with Gasteiger partial charge in [-0.15, -0.1) is 0 Å². The zero-order valence-electron chi connectivity index (χ0n) is 24.3. The summed E-state index contributed by atoms with van der Waals surface area (Å²) in [6, 6.07) is 0. The van der Waals surface area contributed by atoms with Crippen LogP contribution in [0.4, 0.5) is 0 Å². The fraction of sp³-hybridized carbons (Fsp3) is 0.938. The van der Waals surface area contributed by atoms with E-state index in [4.69, 9.17) is 9.47 Å². The first kappa shape index (κ1) is 27.5. The van der Waals surface area contributed by atoms with E-state index >= 15 is 0 Å². The molecule has 0 aromatic carbocycles. The minimum absolute atomic E-state index is 0.0251. The molecule has 5 nitrogen and oxygen atoms in total. The highest BCUT2D eigenvalue weighted by atomic mass is 16.6. The van der Waals surface area contributed by atoms with E-state index in [1.165, 1.54) is 32.1 Å². The van der Waals surface area contributed by atoms with E-state index in [1.54, 1.807) is 0 Å². The van der Waals surface area contributed by atoms with Gasteiger partial charge < -0.3 is 14.6 Å². The maximum absolute atomic E-state index is 12.4. The lowest BCUT2D eigenvalue weighted by molar-refractivity contribution is -0.225. The highest BCUT2D eigenvalue weighted by molar-refractivity contribution is 5.76. The Balaban J connectivity index is 0.000000152. The van der Waals surface area contributed by atoms with E-state index in [1.807, 2.05) is 34.6 Å². The van der Waals surface area contributed by atoms with Gasteiger partial charge in [-0.05, 0) is 134 Å². The van der Waals surface area contributed by atoms with Crippen molar-refractivity contribution in [3.05, 3.63) is 0 Å². The van der Waals surface area contributed by atoms with Crippen LogP contribution in [0.5, 0.6) is 0 Å². The van der Waals surface area contributed by atoms with E-state index in [-0.39, 0.29) is 29.1 Å². The predicted octanol–water partition coefficient (Wildman–Crippen LogP) is 6.84. The van der Waals surface area contributed by atoms with Crippen molar-refractivity contribution in [3.63, 3.8) is 0 Å². The lowest BCUT2D eigenvalue weighted by atomic mass is 9.52. The average molecular weight is 517 g/mol. The molecule has 0 radical (unpaired) electrons. The van der Waals surface area contributed by atoms with E-state index < -0.39 is 11.0 Å². The molecule has 7 unspecified atom stereocenters. The lowest BCUT2D eigenvalue weighted by Gasteiger charge is -2.59. The van der Waals surface area contributed by atoms with Gasteiger partial charge in [-0.3, -0.25) is 9.59 Å². The van der Waals surface area contributed by atoms with Crippen LogP contribution in [0, 0.1) is 46.3 Å². The Hall–Kier alpha value is -1.10. The molecule has 1 N–H and O–H groups in total. The van der Waals surface area contributed by atoms with Crippen molar-refractivity contribution in [1.82, 2.24) is 0 Å². The predicted molar refractivity (Wildman–Crippen MR) is 144 cm³/mol. The van der Waals surface area contributed by atoms with Gasteiger partial charge in [-0.25, -0.2) is 0 Å². The van der Waals surface area contributed by atoms with Crippen LogP contribution < -0.4 is 0 Å². The monoisotopic (exact) mass is 516 g/mol. The zero-order valence-corrected chi connectivity index (χ0v) is 24.3. The van der Waals surface area contributed by atoms with Crippen molar-refractivity contribution in [2.24, 2.45) is 46.3 Å². The second-order valence-electron chi connectivity index (χ2n) is 15.3. The maximum atomic E-state index is 12.4. The number of hydrogen-bond donors (Lipinski definition) is 1. The number of carbonyl (C=O) groups excluding carboxylic acids is 2. The van der Waals surface area contributed by atoms with Crippen LogP contribution in [0.15, 0.2) is 0 Å². The van der Waals surface area contributed by atoms with Gasteiger partial charge in [-0.2, -0.15) is 0 Å². The molecule has 7 saturated carbocycles. The number of carbonyl (C=O) groups is 2. The standard InChI is InChI=1S/C16H26O3.C16H26O2/c1-4-14(2,3)13(17)19-16-8-11-5-12(9-16)7-15(18,6-11)10-16;1-4-16(2,3)15(17)18-14-9-10-8-13(14)12-7-5-6-11(10)12/h11-12,18H,4-10H2,1-3H3;10-14H,4-9H2,1-3H3. The van der Waals surface area contributed by atoms with Crippen molar-refractivity contribution < 1.29 is 24.2 Å². The normalized spacial score (nSPS) is 43.3. The summed E-state index contributed by atoms with van der Waals surface area (Å²) >= 11 is 0. The topological polar surface area (TPSA) is 72.8 Å². The third kappa shape index (κ3) is 5.12. The summed E-state index contributed by atoms with van der Waals surface area (Å²) in [6.07, 6.45) is 14.3. The summed E-state index contributed by atoms with van der Waals surface area (Å²) in [6.45, 7) is 12.0. The largest absolute Gasteiger partial charge is 0.462 e. The Kier molecular flexibility index (Phi) is 7.07. The molecule has 0 aromatic rings. The van der Waals surface area contributed by atoms with Gasteiger partial charge in [0.2, 0.25) is 0 Å². The van der Waals surface area contributed by atoms with Crippen LogP contribution in [0.1, 0.15) is 125 Å². The Labute approximate surface area is 224 Å². The van der Waals surface area contributed by atoms with Crippen LogP contribution in [0.2, 0.25) is 0 Å². The van der Waals surface area contributed by atoms with Gasteiger partial charge in [0.1, 0.15) is 11.7 Å². The third-order valence-electron chi connectivity index (χ3n) is 11.8. The number of ether oxygens (including phenoxy) is 2. The molecule has 37 heavy (non-hydrogen) atoms. The molecule has 0 amide bonds. The molecule has 7 aliphatic carbocycles. The molecule has 0 aromatic heterocycles. The number of esters is 2. The Morgan fingerprint density at radius 2 is 1.41 bits per heavy atom. The summed E-state index contributed by atoms with van der Waals surface area (Å²) in [5.74, 6) is 4.48. The third-order valence-corrected chi connectivity index (χ3v) is 11.8. The molecule has 7 atom stereocenters. The van der Waals surface area contributed by atoms with Crippen LogP contribution in [-0.4, -0.2) is 34.4 Å². The molecule has 0 aliphatic heterocycles. The molecular formula is C32H52O5. The first-order valence-electron chi connectivity index (χ1n) is 15.5. The van der Waals surface area contributed by atoms with Gasteiger partial charge in [0, 0.05) is 6.42 Å². The summed E-state index contributed by atoms with van der Waals surface area (Å²) in [7, 11) is 0. The molecule has 7 aliphatic rings. The van der Waals surface area contributed by atoms with Crippen molar-refractivity contribution in [2.75, 3.05) is 0 Å². The second-order valence-corrected chi connectivity index (χ2v) is 15.3. The Morgan fingerprint density at radius 1 is 0.811 bits per heavy atom. The molecular weight excluding hydrogens is 464 g/mol. The number of fused-ring (bicyclic) bond motifs is 5. The van der Waals surface area contributed by atoms with Crippen molar-refractivity contribution in [3.8, 4) is 0 Å². The van der Waals surface area contributed by atoms with Crippen molar-refractivity contribution >= 4 is 11.9 Å². The first-order chi connectivity index (χ1) is 17.3. The summed E-state index contributed by atoms with van der Waals surface area (Å²) < 4.78 is 11.8. The van der Waals surface area contributed by atoms with Gasteiger partial charge in [0.25, 0.3) is 0 Å². The molecule has 7 fully saturated rings. The summed E-state index contributed by atoms with van der Waals surface area (Å²) in [5, 5.41) is 10.6. The smallest absolute Gasteiger partial charge is 0.312 e. The van der Waals surface area contributed by atoms with Crippen molar-refractivity contribution in [2.45, 2.75) is 142 Å². The molecule has 6 bridgehead atoms. The van der Waals surface area contributed by atoms with Crippen LogP contribution >= 0.6 is 0 Å². The number of hydrogen-bond acceptors (Lipinski definition) is 5. The van der Waals surface area contributed by atoms with Gasteiger partial charge in [-0.1, -0.05) is 20.3 Å². The van der Waals surface area contributed by atoms with Crippen LogP contribution in [-0.2, 0) is 19.1 Å². The average Bonchev–Trinajstić information content (AvgIpc) is 3.51. The first-order valence-corrected chi connectivity index (χ1v) is 15.5. The second kappa shape index (κ2) is 9.52. The van der Waals surface area contributed by atoms with E-state index in [0.717, 1.165) is 62.7 Å². The zero-order chi connectivity index (χ0) is 26.8. The fourth-order valence-electron chi connectivity index (χ4n) is 9.31. The van der Waals surface area contributed by atoms with E-state index in [2.05, 4.69) is 6.92 Å². The van der Waals surface area contributed by atoms with Crippen LogP contribution in [0.3, 0.4) is 0 Å². The van der Waals surface area contributed by atoms with Gasteiger partial charge >= 0.3 is 11.9 Å². The minimum atomic E-state index is -0.555. The highest BCUT2D eigenvalue weighted by Crippen LogP contribution is 2.60. The lowest BCUT2D eigenvalue weighted by Crippen LogP contribution is -2.61. The molecule has 210 valence electrons. The molecule has 7 rings (SSSR count). The summed E-state index contributed by atoms with van der Waals surface area (Å²) in [4.78, 5) is 24.6. The number of aliphatic hydroxyl groups is 1. The van der Waals surface area contributed by atoms with Gasteiger partial charge in [0.05, 0.1) is 16.4 Å². The summed E-state index contributed by atoms with van der Waals surface area (Å²) in [5.41, 5.74) is -1.63. The Morgan fingerprint density at radius 3 is 2.00 bits per heavy atom. The molecule has 0 saturated heterocycles. The van der Waals surface area contributed by atoms with Gasteiger partial charge in [0.15, 0.2) is 0 Å². The molecule has 0 spiro atoms. The van der Waals surface area contributed by atoms with E-state index in [9.17, 15) is 14.7 Å². The fourth-order valence-corrected chi connectivity index (χ4v) is 9.31. The van der Waals surface area contributed by atoms with Crippen LogP contribution in [0.25, 0.3) is 0 Å². The highest BCUT2D eigenvalue weighted by Gasteiger charge is 2.60. The quantitative estimate of drug-likeness (QED) is 0.391.